The molecule has 136 valence electrons. The van der Waals surface area contributed by atoms with Crippen molar-refractivity contribution in [2.75, 3.05) is 0 Å². The molecule has 1 unspecified atom stereocenters. The fraction of sp³-hybridized carbons (Fsp3) is 0.0833. The number of nitrogens with one attached hydrogen (secondary N) is 2. The van der Waals surface area contributed by atoms with E-state index in [1.54, 1.807) is 0 Å². The third-order valence-electron chi connectivity index (χ3n) is 5.09. The van der Waals surface area contributed by atoms with Crippen LogP contribution in [0.5, 0.6) is 0 Å². The second-order valence-corrected chi connectivity index (χ2v) is 6.98. The largest absolute Gasteiger partial charge is 0.281 e. The molecule has 0 radical (unpaired) electrons. The standard InChI is InChI=1S/C24H20N4/c1-3-8-17(9-4-1)21-15-23(27-25-21)19-12-7-13-20(14-19)24-16-22(26-28-24)18-10-5-2-6-11-18/h1-10,12-16,18H,11H2,(H,25,27)(H,26,28). The van der Waals surface area contributed by atoms with Crippen LogP contribution in [-0.2, 0) is 0 Å². The van der Waals surface area contributed by atoms with E-state index < -0.39 is 0 Å². The van der Waals surface area contributed by atoms with E-state index in [9.17, 15) is 0 Å². The maximum absolute atomic E-state index is 4.54. The van der Waals surface area contributed by atoms with Crippen LogP contribution in [0.15, 0.2) is 91.0 Å². The molecule has 1 aliphatic carbocycles. The van der Waals surface area contributed by atoms with Crippen LogP contribution >= 0.6 is 0 Å². The molecule has 0 amide bonds. The summed E-state index contributed by atoms with van der Waals surface area (Å²) in [4.78, 5) is 0. The molecule has 0 bridgehead atoms. The number of nitrogens with zero attached hydrogens (tertiary/aromatic N) is 2. The van der Waals surface area contributed by atoms with Crippen LogP contribution < -0.4 is 0 Å². The summed E-state index contributed by atoms with van der Waals surface area (Å²) in [6.07, 6.45) is 9.59. The molecule has 1 atom stereocenters. The van der Waals surface area contributed by atoms with Crippen LogP contribution in [0.2, 0.25) is 0 Å². The second-order valence-electron chi connectivity index (χ2n) is 6.98. The molecule has 4 heteroatoms. The predicted molar refractivity (Wildman–Crippen MR) is 113 cm³/mol. The van der Waals surface area contributed by atoms with Gasteiger partial charge in [-0.25, -0.2) is 0 Å². The van der Waals surface area contributed by atoms with Crippen LogP contribution in [0, 0.1) is 0 Å². The Hall–Kier alpha value is -3.66. The number of hydrogen-bond donors (Lipinski definition) is 2. The molecule has 1 aliphatic rings. The molecule has 5 rings (SSSR count). The number of allylic oxidation sites excluding steroid dienone is 4. The van der Waals surface area contributed by atoms with Crippen molar-refractivity contribution in [1.82, 2.24) is 20.4 Å². The van der Waals surface area contributed by atoms with Gasteiger partial charge in [0.25, 0.3) is 0 Å². The molecule has 0 saturated heterocycles. The van der Waals surface area contributed by atoms with E-state index in [-0.39, 0.29) is 0 Å². The van der Waals surface area contributed by atoms with E-state index in [0.29, 0.717) is 5.92 Å². The zero-order chi connectivity index (χ0) is 18.8. The Labute approximate surface area is 163 Å². The molecule has 2 aromatic carbocycles. The van der Waals surface area contributed by atoms with Gasteiger partial charge in [-0.3, -0.25) is 10.2 Å². The zero-order valence-corrected chi connectivity index (χ0v) is 15.3. The first-order chi connectivity index (χ1) is 13.9. The van der Waals surface area contributed by atoms with Gasteiger partial charge in [-0.05, 0) is 30.2 Å². The van der Waals surface area contributed by atoms with Gasteiger partial charge in [-0.2, -0.15) is 10.2 Å². The Bertz CT molecular complexity index is 1150. The summed E-state index contributed by atoms with van der Waals surface area (Å²) in [5.74, 6) is 0.370. The molecule has 2 aromatic heterocycles. The van der Waals surface area contributed by atoms with E-state index in [1.807, 2.05) is 18.2 Å². The van der Waals surface area contributed by atoms with E-state index >= 15 is 0 Å². The van der Waals surface area contributed by atoms with Crippen molar-refractivity contribution in [2.24, 2.45) is 0 Å². The number of aromatic amines is 2. The van der Waals surface area contributed by atoms with Crippen molar-refractivity contribution in [3.8, 4) is 33.8 Å². The van der Waals surface area contributed by atoms with Gasteiger partial charge in [0.1, 0.15) is 0 Å². The molecular weight excluding hydrogens is 344 g/mol. The normalized spacial score (nSPS) is 15.8. The molecule has 4 nitrogen and oxygen atoms in total. The second kappa shape index (κ2) is 7.16. The minimum absolute atomic E-state index is 0.370. The highest BCUT2D eigenvalue weighted by molar-refractivity contribution is 5.72. The van der Waals surface area contributed by atoms with E-state index in [2.05, 4.69) is 93.2 Å². The fourth-order valence-corrected chi connectivity index (χ4v) is 3.56. The van der Waals surface area contributed by atoms with Crippen LogP contribution in [0.1, 0.15) is 18.0 Å². The molecule has 0 fully saturated rings. The van der Waals surface area contributed by atoms with Crippen LogP contribution in [-0.4, -0.2) is 20.4 Å². The quantitative estimate of drug-likeness (QED) is 0.485. The number of H-pyrrole nitrogens is 2. The lowest BCUT2D eigenvalue weighted by molar-refractivity contribution is 0.805. The predicted octanol–water partition coefficient (Wildman–Crippen LogP) is 5.73. The summed E-state index contributed by atoms with van der Waals surface area (Å²) in [7, 11) is 0. The molecule has 2 N–H and O–H groups in total. The third-order valence-corrected chi connectivity index (χ3v) is 5.09. The number of hydrogen-bond acceptors (Lipinski definition) is 2. The molecule has 0 saturated carbocycles. The summed E-state index contributed by atoms with van der Waals surface area (Å²) >= 11 is 0. The van der Waals surface area contributed by atoms with Gasteiger partial charge in [0.05, 0.1) is 17.1 Å². The SMILES string of the molecule is C1=CCC(c2cc(-c3cccc(-c4cc(-c5ccccc5)[nH]n4)c3)n[nH]2)C=C1. The molecule has 0 aliphatic heterocycles. The van der Waals surface area contributed by atoms with E-state index in [4.69, 9.17) is 0 Å². The van der Waals surface area contributed by atoms with Crippen LogP contribution in [0.4, 0.5) is 0 Å². The van der Waals surface area contributed by atoms with Crippen LogP contribution in [0.25, 0.3) is 33.8 Å². The van der Waals surface area contributed by atoms with E-state index in [1.165, 1.54) is 0 Å². The van der Waals surface area contributed by atoms with Gasteiger partial charge in [-0.15, -0.1) is 0 Å². The van der Waals surface area contributed by atoms with Crippen molar-refractivity contribution >= 4 is 0 Å². The maximum Gasteiger partial charge on any atom is 0.0927 e. The van der Waals surface area contributed by atoms with Gasteiger partial charge < -0.3 is 0 Å². The Kier molecular flexibility index (Phi) is 4.22. The van der Waals surface area contributed by atoms with E-state index in [0.717, 1.165) is 45.9 Å². The monoisotopic (exact) mass is 364 g/mol. The highest BCUT2D eigenvalue weighted by Crippen LogP contribution is 2.30. The summed E-state index contributed by atoms with van der Waals surface area (Å²) < 4.78 is 0. The average molecular weight is 364 g/mol. The maximum atomic E-state index is 4.54. The zero-order valence-electron chi connectivity index (χ0n) is 15.3. The average Bonchev–Trinajstić information content (AvgIpc) is 3.46. The first kappa shape index (κ1) is 16.5. The highest BCUT2D eigenvalue weighted by Gasteiger charge is 2.13. The summed E-state index contributed by atoms with van der Waals surface area (Å²) in [5.41, 5.74) is 7.33. The van der Waals surface area contributed by atoms with Gasteiger partial charge in [0.2, 0.25) is 0 Å². The highest BCUT2D eigenvalue weighted by atomic mass is 15.1. The Balaban J connectivity index is 1.43. The summed E-state index contributed by atoms with van der Waals surface area (Å²) in [5, 5.41) is 15.4. The minimum atomic E-state index is 0.370. The Morgan fingerprint density at radius 3 is 2.25 bits per heavy atom. The first-order valence-corrected chi connectivity index (χ1v) is 9.47. The number of benzene rings is 2. The molecule has 4 aromatic rings. The Morgan fingerprint density at radius 1 is 0.714 bits per heavy atom. The van der Waals surface area contributed by atoms with Gasteiger partial charge in [-0.1, -0.05) is 72.8 Å². The Morgan fingerprint density at radius 2 is 1.46 bits per heavy atom. The van der Waals surface area contributed by atoms with Gasteiger partial charge in [0, 0.05) is 22.7 Å². The van der Waals surface area contributed by atoms with Crippen LogP contribution in [0.3, 0.4) is 0 Å². The summed E-state index contributed by atoms with van der Waals surface area (Å²) in [6, 6.07) is 22.8. The smallest absolute Gasteiger partial charge is 0.0927 e. The minimum Gasteiger partial charge on any atom is -0.281 e. The first-order valence-electron chi connectivity index (χ1n) is 9.47. The number of aromatic nitrogens is 4. The summed E-state index contributed by atoms with van der Waals surface area (Å²) in [6.45, 7) is 0. The van der Waals surface area contributed by atoms with Gasteiger partial charge >= 0.3 is 0 Å². The lowest BCUT2D eigenvalue weighted by Gasteiger charge is -2.09. The lowest BCUT2D eigenvalue weighted by Crippen LogP contribution is -1.96. The molecule has 0 spiro atoms. The molecular formula is C24H20N4. The van der Waals surface area contributed by atoms with Crippen molar-refractivity contribution in [3.05, 3.63) is 96.7 Å². The van der Waals surface area contributed by atoms with Crippen molar-refractivity contribution in [3.63, 3.8) is 0 Å². The fourth-order valence-electron chi connectivity index (χ4n) is 3.56. The van der Waals surface area contributed by atoms with Crippen molar-refractivity contribution in [1.29, 1.82) is 0 Å². The third kappa shape index (κ3) is 3.21. The van der Waals surface area contributed by atoms with Crippen molar-refractivity contribution < 1.29 is 0 Å². The molecule has 28 heavy (non-hydrogen) atoms. The lowest BCUT2D eigenvalue weighted by atomic mass is 9.96. The molecule has 2 heterocycles. The number of rotatable bonds is 4. The van der Waals surface area contributed by atoms with Crippen molar-refractivity contribution in [2.45, 2.75) is 12.3 Å². The topological polar surface area (TPSA) is 57.4 Å². The van der Waals surface area contributed by atoms with Gasteiger partial charge in [0.15, 0.2) is 0 Å².